The van der Waals surface area contributed by atoms with Gasteiger partial charge in [0.15, 0.2) is 11.5 Å². The zero-order chi connectivity index (χ0) is 14.0. The van der Waals surface area contributed by atoms with Crippen molar-refractivity contribution in [3.63, 3.8) is 0 Å². The number of methoxy groups -OCH3 is 2. The Hall–Kier alpha value is -0.740. The Labute approximate surface area is 123 Å². The maximum absolute atomic E-state index is 6.65. The van der Waals surface area contributed by atoms with Crippen molar-refractivity contribution in [1.82, 2.24) is 0 Å². The first-order valence-electron chi connectivity index (χ1n) is 6.74. The normalized spacial score (nSPS) is 18.2. The van der Waals surface area contributed by atoms with Crippen LogP contribution in [0.2, 0.25) is 0 Å². The molecule has 0 aliphatic heterocycles. The molecule has 0 heterocycles. The second kappa shape index (κ2) is 5.71. The van der Waals surface area contributed by atoms with Crippen molar-refractivity contribution in [3.05, 3.63) is 21.7 Å². The van der Waals surface area contributed by atoms with E-state index in [1.807, 2.05) is 0 Å². The third kappa shape index (κ3) is 2.61. The molecule has 2 rings (SSSR count). The first-order chi connectivity index (χ1) is 9.03. The summed E-state index contributed by atoms with van der Waals surface area (Å²) in [6.45, 7) is 2.06. The Morgan fingerprint density at radius 3 is 2.21 bits per heavy atom. The molecule has 3 nitrogen and oxygen atoms in total. The molecule has 1 fully saturated rings. The molecule has 0 unspecified atom stereocenters. The van der Waals surface area contributed by atoms with Gasteiger partial charge in [0, 0.05) is 11.1 Å². The van der Waals surface area contributed by atoms with Crippen molar-refractivity contribution in [2.24, 2.45) is 5.73 Å². The number of ether oxygens (including phenoxy) is 2. The average molecular weight is 328 g/mol. The first-order valence-corrected chi connectivity index (χ1v) is 7.53. The maximum Gasteiger partial charge on any atom is 0.175 e. The zero-order valence-electron chi connectivity index (χ0n) is 11.9. The minimum Gasteiger partial charge on any atom is -0.493 e. The number of hydrogen-bond donors (Lipinski definition) is 1. The summed E-state index contributed by atoms with van der Waals surface area (Å²) in [5.41, 5.74) is 8.68. The van der Waals surface area contributed by atoms with Gasteiger partial charge in [0.2, 0.25) is 0 Å². The lowest BCUT2D eigenvalue weighted by atomic mass is 9.76. The van der Waals surface area contributed by atoms with Crippen LogP contribution in [0.4, 0.5) is 0 Å². The average Bonchev–Trinajstić information content (AvgIpc) is 2.41. The summed E-state index contributed by atoms with van der Waals surface area (Å²) in [5, 5.41) is 0. The van der Waals surface area contributed by atoms with Gasteiger partial charge in [-0.2, -0.15) is 0 Å². The van der Waals surface area contributed by atoms with E-state index in [-0.39, 0.29) is 5.54 Å². The molecule has 106 valence electrons. The molecular weight excluding hydrogens is 306 g/mol. The molecular formula is C15H22BrNO2. The fourth-order valence-corrected chi connectivity index (χ4v) is 3.68. The molecule has 0 bridgehead atoms. The zero-order valence-corrected chi connectivity index (χ0v) is 13.5. The lowest BCUT2D eigenvalue weighted by molar-refractivity contribution is 0.296. The van der Waals surface area contributed by atoms with E-state index in [0.717, 1.165) is 34.4 Å². The van der Waals surface area contributed by atoms with Crippen LogP contribution in [0.1, 0.15) is 43.2 Å². The van der Waals surface area contributed by atoms with Crippen LogP contribution in [0.25, 0.3) is 0 Å². The standard InChI is InChI=1S/C15H22BrNO2/c1-10-11(15(17)7-5-4-6-8-15)9-12(16)14(19-3)13(10)18-2/h9H,4-8,17H2,1-3H3. The fraction of sp³-hybridized carbons (Fsp3) is 0.600. The van der Waals surface area contributed by atoms with Gasteiger partial charge in [-0.15, -0.1) is 0 Å². The molecule has 0 saturated heterocycles. The molecule has 4 heteroatoms. The Morgan fingerprint density at radius 1 is 1.11 bits per heavy atom. The second-order valence-electron chi connectivity index (χ2n) is 5.31. The number of rotatable bonds is 3. The van der Waals surface area contributed by atoms with Gasteiger partial charge in [0.1, 0.15) is 0 Å². The molecule has 1 saturated carbocycles. The van der Waals surface area contributed by atoms with Crippen LogP contribution in [0.15, 0.2) is 10.5 Å². The summed E-state index contributed by atoms with van der Waals surface area (Å²) in [7, 11) is 3.33. The van der Waals surface area contributed by atoms with Crippen molar-refractivity contribution in [1.29, 1.82) is 0 Å². The summed E-state index contributed by atoms with van der Waals surface area (Å²) < 4.78 is 11.8. The second-order valence-corrected chi connectivity index (χ2v) is 6.17. The highest BCUT2D eigenvalue weighted by atomic mass is 79.9. The van der Waals surface area contributed by atoms with Crippen molar-refractivity contribution >= 4 is 15.9 Å². The van der Waals surface area contributed by atoms with Gasteiger partial charge in [0.25, 0.3) is 0 Å². The lowest BCUT2D eigenvalue weighted by Gasteiger charge is -2.36. The molecule has 1 aromatic rings. The molecule has 0 spiro atoms. The summed E-state index contributed by atoms with van der Waals surface area (Å²) in [4.78, 5) is 0. The predicted molar refractivity (Wildman–Crippen MR) is 80.9 cm³/mol. The summed E-state index contributed by atoms with van der Waals surface area (Å²) >= 11 is 3.56. The largest absolute Gasteiger partial charge is 0.493 e. The first kappa shape index (κ1) is 14.7. The fourth-order valence-electron chi connectivity index (χ4n) is 3.11. The van der Waals surface area contributed by atoms with Crippen LogP contribution in [0.5, 0.6) is 11.5 Å². The summed E-state index contributed by atoms with van der Waals surface area (Å²) in [6.07, 6.45) is 5.75. The minimum absolute atomic E-state index is 0.232. The maximum atomic E-state index is 6.65. The quantitative estimate of drug-likeness (QED) is 0.915. The Morgan fingerprint density at radius 2 is 1.68 bits per heavy atom. The van der Waals surface area contributed by atoms with Crippen LogP contribution < -0.4 is 15.2 Å². The van der Waals surface area contributed by atoms with Crippen molar-refractivity contribution < 1.29 is 9.47 Å². The highest BCUT2D eigenvalue weighted by molar-refractivity contribution is 9.10. The molecule has 0 radical (unpaired) electrons. The Balaban J connectivity index is 2.55. The van der Waals surface area contributed by atoms with E-state index in [0.29, 0.717) is 0 Å². The molecule has 2 N–H and O–H groups in total. The van der Waals surface area contributed by atoms with Crippen LogP contribution in [0.3, 0.4) is 0 Å². The number of benzene rings is 1. The van der Waals surface area contributed by atoms with E-state index in [9.17, 15) is 0 Å². The number of halogens is 1. The van der Waals surface area contributed by atoms with E-state index in [2.05, 4.69) is 28.9 Å². The third-order valence-electron chi connectivity index (χ3n) is 4.13. The summed E-state index contributed by atoms with van der Waals surface area (Å²) in [6, 6.07) is 2.10. The van der Waals surface area contributed by atoms with E-state index in [1.165, 1.54) is 24.8 Å². The molecule has 1 aliphatic carbocycles. The smallest absolute Gasteiger partial charge is 0.175 e. The van der Waals surface area contributed by atoms with Crippen LogP contribution >= 0.6 is 15.9 Å². The van der Waals surface area contributed by atoms with Gasteiger partial charge in [-0.3, -0.25) is 0 Å². The summed E-state index contributed by atoms with van der Waals surface area (Å²) in [5.74, 6) is 1.52. The van der Waals surface area contributed by atoms with Crippen molar-refractivity contribution in [2.75, 3.05) is 14.2 Å². The van der Waals surface area contributed by atoms with E-state index >= 15 is 0 Å². The van der Waals surface area contributed by atoms with E-state index in [4.69, 9.17) is 15.2 Å². The number of nitrogens with two attached hydrogens (primary N) is 1. The Bertz CT molecular complexity index is 468. The predicted octanol–water partition coefficient (Wildman–Crippen LogP) is 3.89. The van der Waals surface area contributed by atoms with Crippen molar-refractivity contribution in [2.45, 2.75) is 44.6 Å². The molecule has 1 aliphatic rings. The highest BCUT2D eigenvalue weighted by Gasteiger charge is 2.33. The van der Waals surface area contributed by atoms with Gasteiger partial charge >= 0.3 is 0 Å². The van der Waals surface area contributed by atoms with Gasteiger partial charge in [-0.05, 0) is 47.3 Å². The number of hydrogen-bond acceptors (Lipinski definition) is 3. The van der Waals surface area contributed by atoms with Crippen molar-refractivity contribution in [3.8, 4) is 11.5 Å². The molecule has 0 amide bonds. The van der Waals surface area contributed by atoms with Gasteiger partial charge in [-0.1, -0.05) is 19.3 Å². The topological polar surface area (TPSA) is 44.5 Å². The SMILES string of the molecule is COc1c(Br)cc(C2(N)CCCCC2)c(C)c1OC. The van der Waals surface area contributed by atoms with Gasteiger partial charge in [0.05, 0.1) is 18.7 Å². The Kier molecular flexibility index (Phi) is 4.41. The van der Waals surface area contributed by atoms with Gasteiger partial charge < -0.3 is 15.2 Å². The van der Waals surface area contributed by atoms with Crippen LogP contribution in [0, 0.1) is 6.92 Å². The molecule has 0 aromatic heterocycles. The molecule has 1 aromatic carbocycles. The molecule has 19 heavy (non-hydrogen) atoms. The third-order valence-corrected chi connectivity index (χ3v) is 4.72. The monoisotopic (exact) mass is 327 g/mol. The van der Waals surface area contributed by atoms with E-state index < -0.39 is 0 Å². The van der Waals surface area contributed by atoms with Crippen LogP contribution in [-0.4, -0.2) is 14.2 Å². The lowest BCUT2D eigenvalue weighted by Crippen LogP contribution is -2.39. The molecule has 0 atom stereocenters. The van der Waals surface area contributed by atoms with Gasteiger partial charge in [-0.25, -0.2) is 0 Å². The highest BCUT2D eigenvalue weighted by Crippen LogP contribution is 2.45. The van der Waals surface area contributed by atoms with E-state index in [1.54, 1.807) is 14.2 Å². The van der Waals surface area contributed by atoms with Crippen LogP contribution in [-0.2, 0) is 5.54 Å². The minimum atomic E-state index is -0.232.